The highest BCUT2D eigenvalue weighted by Crippen LogP contribution is 2.22. The van der Waals surface area contributed by atoms with Crippen LogP contribution >= 0.6 is 11.6 Å². The third-order valence-corrected chi connectivity index (χ3v) is 2.83. The molecule has 1 N–H and O–H groups in total. The third-order valence-electron chi connectivity index (χ3n) is 2.59. The van der Waals surface area contributed by atoms with E-state index in [-0.39, 0.29) is 22.3 Å². The molecule has 1 atom stereocenters. The van der Waals surface area contributed by atoms with Gasteiger partial charge in [0.2, 0.25) is 0 Å². The standard InChI is InChI=1S/C13H13ClN2O3/c1-3-5-10(4-2)15-13(17)11-8-9(14)6-7-12(11)16(18)19/h1,6-8,10H,4-5H2,2H3,(H,15,17). The van der Waals surface area contributed by atoms with Gasteiger partial charge in [-0.3, -0.25) is 14.9 Å². The van der Waals surface area contributed by atoms with E-state index in [4.69, 9.17) is 18.0 Å². The Bertz CT molecular complexity index is 537. The number of terminal acetylenes is 1. The van der Waals surface area contributed by atoms with Crippen LogP contribution in [0.4, 0.5) is 5.69 Å². The first-order valence-electron chi connectivity index (χ1n) is 5.67. The van der Waals surface area contributed by atoms with Crippen molar-refractivity contribution in [3.8, 4) is 12.3 Å². The van der Waals surface area contributed by atoms with Crippen molar-refractivity contribution in [1.82, 2.24) is 5.32 Å². The maximum Gasteiger partial charge on any atom is 0.282 e. The Hall–Kier alpha value is -2.06. The molecule has 1 amide bonds. The first-order chi connectivity index (χ1) is 8.99. The van der Waals surface area contributed by atoms with E-state index in [9.17, 15) is 14.9 Å². The largest absolute Gasteiger partial charge is 0.348 e. The molecule has 0 saturated heterocycles. The quantitative estimate of drug-likeness (QED) is 0.512. The maximum atomic E-state index is 12.0. The fourth-order valence-corrected chi connectivity index (χ4v) is 1.72. The predicted octanol–water partition coefficient (Wildman–Crippen LogP) is 2.78. The van der Waals surface area contributed by atoms with Gasteiger partial charge in [-0.15, -0.1) is 12.3 Å². The topological polar surface area (TPSA) is 72.2 Å². The average Bonchev–Trinajstić information content (AvgIpc) is 2.37. The zero-order valence-electron chi connectivity index (χ0n) is 10.4. The molecule has 0 radical (unpaired) electrons. The summed E-state index contributed by atoms with van der Waals surface area (Å²) in [5.74, 6) is 1.90. The lowest BCUT2D eigenvalue weighted by Gasteiger charge is -2.14. The number of halogens is 1. The molecule has 0 bridgehead atoms. The molecule has 0 spiro atoms. The Labute approximate surface area is 116 Å². The summed E-state index contributed by atoms with van der Waals surface area (Å²) in [6.07, 6.45) is 6.21. The van der Waals surface area contributed by atoms with Gasteiger partial charge in [-0.2, -0.15) is 0 Å². The van der Waals surface area contributed by atoms with Crippen molar-refractivity contribution in [2.24, 2.45) is 0 Å². The molecular weight excluding hydrogens is 268 g/mol. The minimum absolute atomic E-state index is 0.0621. The molecule has 1 aromatic carbocycles. The first-order valence-corrected chi connectivity index (χ1v) is 6.05. The molecule has 0 saturated carbocycles. The van der Waals surface area contributed by atoms with E-state index in [1.165, 1.54) is 18.2 Å². The van der Waals surface area contributed by atoms with E-state index in [1.807, 2.05) is 6.92 Å². The molecule has 1 aromatic rings. The number of benzene rings is 1. The van der Waals surface area contributed by atoms with Gasteiger partial charge >= 0.3 is 0 Å². The van der Waals surface area contributed by atoms with Crippen LogP contribution < -0.4 is 5.32 Å². The lowest BCUT2D eigenvalue weighted by atomic mass is 10.1. The number of hydrogen-bond donors (Lipinski definition) is 1. The zero-order valence-corrected chi connectivity index (χ0v) is 11.1. The van der Waals surface area contributed by atoms with Crippen molar-refractivity contribution in [1.29, 1.82) is 0 Å². The maximum absolute atomic E-state index is 12.0. The minimum atomic E-state index is -0.618. The molecule has 0 fully saturated rings. The number of amides is 1. The Morgan fingerprint density at radius 3 is 2.84 bits per heavy atom. The number of carbonyl (C=O) groups excluding carboxylic acids is 1. The third kappa shape index (κ3) is 3.97. The van der Waals surface area contributed by atoms with Crippen LogP contribution in [0.5, 0.6) is 0 Å². The molecule has 0 aliphatic heterocycles. The Kier molecular flexibility index (Phi) is 5.34. The van der Waals surface area contributed by atoms with Crippen LogP contribution in [-0.4, -0.2) is 16.9 Å². The van der Waals surface area contributed by atoms with Crippen molar-refractivity contribution in [2.45, 2.75) is 25.8 Å². The van der Waals surface area contributed by atoms with Crippen LogP contribution in [0.3, 0.4) is 0 Å². The lowest BCUT2D eigenvalue weighted by Crippen LogP contribution is -2.34. The van der Waals surface area contributed by atoms with Gasteiger partial charge in [0.15, 0.2) is 0 Å². The van der Waals surface area contributed by atoms with Gasteiger partial charge < -0.3 is 5.32 Å². The summed E-state index contributed by atoms with van der Waals surface area (Å²) < 4.78 is 0. The van der Waals surface area contributed by atoms with Crippen LogP contribution in [0, 0.1) is 22.5 Å². The van der Waals surface area contributed by atoms with Gasteiger partial charge in [0.1, 0.15) is 5.56 Å². The molecule has 1 unspecified atom stereocenters. The molecule has 0 aliphatic rings. The SMILES string of the molecule is C#CCC(CC)NC(=O)c1cc(Cl)ccc1[N+](=O)[O-]. The molecule has 5 nitrogen and oxygen atoms in total. The van der Waals surface area contributed by atoms with Crippen molar-refractivity contribution in [2.75, 3.05) is 0 Å². The second-order valence-electron chi connectivity index (χ2n) is 3.91. The highest BCUT2D eigenvalue weighted by molar-refractivity contribution is 6.31. The molecule has 100 valence electrons. The number of carbonyl (C=O) groups is 1. The monoisotopic (exact) mass is 280 g/mol. The fourth-order valence-electron chi connectivity index (χ4n) is 1.55. The van der Waals surface area contributed by atoms with E-state index < -0.39 is 10.8 Å². The summed E-state index contributed by atoms with van der Waals surface area (Å²) in [6.45, 7) is 1.87. The van der Waals surface area contributed by atoms with Crippen LogP contribution in [0.2, 0.25) is 5.02 Å². The lowest BCUT2D eigenvalue weighted by molar-refractivity contribution is -0.385. The molecule has 6 heteroatoms. The summed E-state index contributed by atoms with van der Waals surface area (Å²) in [7, 11) is 0. The number of nitrogens with one attached hydrogen (secondary N) is 1. The number of nitro groups is 1. The van der Waals surface area contributed by atoms with Crippen LogP contribution in [-0.2, 0) is 0 Å². The summed E-state index contributed by atoms with van der Waals surface area (Å²) >= 11 is 5.76. The first kappa shape index (κ1) is 15.0. The average molecular weight is 281 g/mol. The Morgan fingerprint density at radius 2 is 2.32 bits per heavy atom. The van der Waals surface area contributed by atoms with Gasteiger partial charge in [-0.05, 0) is 18.6 Å². The minimum Gasteiger partial charge on any atom is -0.348 e. The molecule has 19 heavy (non-hydrogen) atoms. The van der Waals surface area contributed by atoms with Crippen LogP contribution in [0.1, 0.15) is 30.1 Å². The van der Waals surface area contributed by atoms with E-state index in [2.05, 4.69) is 11.2 Å². The van der Waals surface area contributed by atoms with Gasteiger partial charge in [0.25, 0.3) is 11.6 Å². The van der Waals surface area contributed by atoms with Crippen molar-refractivity contribution in [3.05, 3.63) is 38.9 Å². The summed E-state index contributed by atoms with van der Waals surface area (Å²) in [5, 5.41) is 13.8. The Morgan fingerprint density at radius 1 is 1.63 bits per heavy atom. The molecule has 0 aliphatic carbocycles. The second kappa shape index (κ2) is 6.76. The summed E-state index contributed by atoms with van der Waals surface area (Å²) in [5.41, 5.74) is -0.342. The number of hydrogen-bond acceptors (Lipinski definition) is 3. The van der Waals surface area contributed by atoms with E-state index in [0.717, 1.165) is 0 Å². The van der Waals surface area contributed by atoms with E-state index in [1.54, 1.807) is 0 Å². The number of nitrogens with zero attached hydrogens (tertiary/aromatic N) is 1. The number of rotatable bonds is 5. The van der Waals surface area contributed by atoms with Crippen LogP contribution in [0.15, 0.2) is 18.2 Å². The van der Waals surface area contributed by atoms with Gasteiger partial charge in [-0.1, -0.05) is 18.5 Å². The highest BCUT2D eigenvalue weighted by Gasteiger charge is 2.21. The molecule has 0 heterocycles. The molecular formula is C13H13ClN2O3. The second-order valence-corrected chi connectivity index (χ2v) is 4.34. The zero-order chi connectivity index (χ0) is 14.4. The molecule has 0 aromatic heterocycles. The van der Waals surface area contributed by atoms with Crippen LogP contribution in [0.25, 0.3) is 0 Å². The highest BCUT2D eigenvalue weighted by atomic mass is 35.5. The van der Waals surface area contributed by atoms with Crippen molar-refractivity contribution in [3.63, 3.8) is 0 Å². The number of nitro benzene ring substituents is 1. The smallest absolute Gasteiger partial charge is 0.282 e. The summed E-state index contributed by atoms with van der Waals surface area (Å²) in [6, 6.07) is 3.64. The van der Waals surface area contributed by atoms with Crippen molar-refractivity contribution >= 4 is 23.2 Å². The van der Waals surface area contributed by atoms with E-state index >= 15 is 0 Å². The molecule has 1 rings (SSSR count). The van der Waals surface area contributed by atoms with Crippen molar-refractivity contribution < 1.29 is 9.72 Å². The summed E-state index contributed by atoms with van der Waals surface area (Å²) in [4.78, 5) is 22.3. The normalized spacial score (nSPS) is 11.4. The Balaban J connectivity index is 3.02. The van der Waals surface area contributed by atoms with Gasteiger partial charge in [0.05, 0.1) is 4.92 Å². The van der Waals surface area contributed by atoms with Gasteiger partial charge in [0, 0.05) is 23.6 Å². The van der Waals surface area contributed by atoms with E-state index in [0.29, 0.717) is 12.8 Å². The van der Waals surface area contributed by atoms with Gasteiger partial charge in [-0.25, -0.2) is 0 Å². The fraction of sp³-hybridized carbons (Fsp3) is 0.308. The predicted molar refractivity (Wildman–Crippen MR) is 73.1 cm³/mol.